The van der Waals surface area contributed by atoms with Crippen molar-refractivity contribution in [2.75, 3.05) is 0 Å². The number of hydrogen-bond acceptors (Lipinski definition) is 2. The zero-order valence-electron chi connectivity index (χ0n) is 8.20. The summed E-state index contributed by atoms with van der Waals surface area (Å²) in [7, 11) is 1.51. The van der Waals surface area contributed by atoms with E-state index in [0.717, 1.165) is 12.8 Å². The molecule has 0 unspecified atom stereocenters. The molecule has 1 aliphatic rings. The lowest BCUT2D eigenvalue weighted by molar-refractivity contribution is 0.0936. The fourth-order valence-electron chi connectivity index (χ4n) is 1.33. The third-order valence-corrected chi connectivity index (χ3v) is 2.22. The standard InChI is InChI=1S/C9H11F2N3O/c1-14-4-6(7(13-14)8(10)11)9(15)12-5-2-3-5/h4-5,8H,2-3H2,1H3,(H,12,15). The summed E-state index contributed by atoms with van der Waals surface area (Å²) in [6.07, 6.45) is 0.455. The van der Waals surface area contributed by atoms with Crippen LogP contribution in [0.5, 0.6) is 0 Å². The van der Waals surface area contributed by atoms with Gasteiger partial charge in [0.25, 0.3) is 12.3 Å². The molecule has 1 aromatic heterocycles. The van der Waals surface area contributed by atoms with Gasteiger partial charge in [0.2, 0.25) is 0 Å². The SMILES string of the molecule is Cn1cc(C(=O)NC2CC2)c(C(F)F)n1. The Balaban J connectivity index is 2.20. The van der Waals surface area contributed by atoms with E-state index in [2.05, 4.69) is 10.4 Å². The molecule has 1 N–H and O–H groups in total. The predicted molar refractivity (Wildman–Crippen MR) is 48.7 cm³/mol. The first-order valence-corrected chi connectivity index (χ1v) is 4.70. The normalized spacial score (nSPS) is 15.7. The summed E-state index contributed by atoms with van der Waals surface area (Å²) in [6.45, 7) is 0. The van der Waals surface area contributed by atoms with Gasteiger partial charge in [-0.15, -0.1) is 0 Å². The minimum Gasteiger partial charge on any atom is -0.349 e. The molecule has 4 nitrogen and oxygen atoms in total. The summed E-state index contributed by atoms with van der Waals surface area (Å²) in [5, 5.41) is 6.22. The van der Waals surface area contributed by atoms with Crippen molar-refractivity contribution >= 4 is 5.91 Å². The Morgan fingerprint density at radius 3 is 2.87 bits per heavy atom. The van der Waals surface area contributed by atoms with Crippen molar-refractivity contribution < 1.29 is 13.6 Å². The molecule has 0 aliphatic heterocycles. The Morgan fingerprint density at radius 2 is 2.33 bits per heavy atom. The summed E-state index contributed by atoms with van der Waals surface area (Å²) < 4.78 is 26.2. The molecule has 0 saturated heterocycles. The molecule has 1 amide bonds. The van der Waals surface area contributed by atoms with Crippen LogP contribution in [-0.2, 0) is 7.05 Å². The maximum atomic E-state index is 12.5. The molecule has 0 spiro atoms. The maximum Gasteiger partial charge on any atom is 0.282 e. The zero-order valence-corrected chi connectivity index (χ0v) is 8.20. The van der Waals surface area contributed by atoms with E-state index in [9.17, 15) is 13.6 Å². The molecule has 1 aliphatic carbocycles. The quantitative estimate of drug-likeness (QED) is 0.824. The van der Waals surface area contributed by atoms with E-state index in [-0.39, 0.29) is 11.6 Å². The first kappa shape index (κ1) is 10.1. The van der Waals surface area contributed by atoms with Crippen LogP contribution in [0.15, 0.2) is 6.20 Å². The van der Waals surface area contributed by atoms with E-state index in [0.29, 0.717) is 0 Å². The largest absolute Gasteiger partial charge is 0.349 e. The van der Waals surface area contributed by atoms with Gasteiger partial charge in [-0.2, -0.15) is 5.10 Å². The van der Waals surface area contributed by atoms with Gasteiger partial charge in [-0.05, 0) is 12.8 Å². The van der Waals surface area contributed by atoms with Crippen LogP contribution in [0.1, 0.15) is 35.3 Å². The number of amides is 1. The number of halogens is 2. The van der Waals surface area contributed by atoms with E-state index in [1.165, 1.54) is 17.9 Å². The maximum absolute atomic E-state index is 12.5. The fourth-order valence-corrected chi connectivity index (χ4v) is 1.33. The van der Waals surface area contributed by atoms with Gasteiger partial charge in [0.15, 0.2) is 0 Å². The second kappa shape index (κ2) is 3.60. The van der Waals surface area contributed by atoms with Gasteiger partial charge in [0.1, 0.15) is 5.69 Å². The molecule has 0 aromatic carbocycles. The molecule has 1 saturated carbocycles. The van der Waals surface area contributed by atoms with Gasteiger partial charge in [0.05, 0.1) is 5.56 Å². The topological polar surface area (TPSA) is 46.9 Å². The Kier molecular flexibility index (Phi) is 2.42. The minimum absolute atomic E-state index is 0.0283. The van der Waals surface area contributed by atoms with E-state index in [1.54, 1.807) is 0 Å². The fraction of sp³-hybridized carbons (Fsp3) is 0.556. The van der Waals surface area contributed by atoms with Crippen LogP contribution in [0.25, 0.3) is 0 Å². The van der Waals surface area contributed by atoms with Crippen molar-refractivity contribution in [2.45, 2.75) is 25.3 Å². The molecule has 15 heavy (non-hydrogen) atoms. The Morgan fingerprint density at radius 1 is 1.67 bits per heavy atom. The smallest absolute Gasteiger partial charge is 0.282 e. The molecular weight excluding hydrogens is 204 g/mol. The summed E-state index contributed by atoms with van der Waals surface area (Å²) in [5.74, 6) is -0.457. The van der Waals surface area contributed by atoms with Crippen LogP contribution in [0, 0.1) is 0 Å². The molecule has 0 atom stereocenters. The highest BCUT2D eigenvalue weighted by molar-refractivity contribution is 5.95. The molecular formula is C9H11F2N3O. The summed E-state index contributed by atoms with van der Waals surface area (Å²) in [5.41, 5.74) is -0.477. The van der Waals surface area contributed by atoms with Gasteiger partial charge in [-0.1, -0.05) is 0 Å². The van der Waals surface area contributed by atoms with Crippen LogP contribution >= 0.6 is 0 Å². The lowest BCUT2D eigenvalue weighted by atomic mass is 10.2. The Labute approximate surface area is 85.3 Å². The van der Waals surface area contributed by atoms with Crippen molar-refractivity contribution in [3.8, 4) is 0 Å². The average Bonchev–Trinajstić information content (AvgIpc) is 2.86. The summed E-state index contributed by atoms with van der Waals surface area (Å²) >= 11 is 0. The molecule has 1 aromatic rings. The molecule has 1 heterocycles. The minimum atomic E-state index is -2.72. The van der Waals surface area contributed by atoms with Gasteiger partial charge in [-0.25, -0.2) is 8.78 Å². The highest BCUT2D eigenvalue weighted by Gasteiger charge is 2.28. The van der Waals surface area contributed by atoms with E-state index in [1.807, 2.05) is 0 Å². The number of nitrogens with zero attached hydrogens (tertiary/aromatic N) is 2. The second-order valence-electron chi connectivity index (χ2n) is 3.65. The second-order valence-corrected chi connectivity index (χ2v) is 3.65. The van der Waals surface area contributed by atoms with Crippen LogP contribution in [0.2, 0.25) is 0 Å². The van der Waals surface area contributed by atoms with Crippen LogP contribution in [0.3, 0.4) is 0 Å². The van der Waals surface area contributed by atoms with Gasteiger partial charge in [-0.3, -0.25) is 9.48 Å². The molecule has 1 fully saturated rings. The first-order valence-electron chi connectivity index (χ1n) is 4.70. The molecule has 0 radical (unpaired) electrons. The number of aryl methyl sites for hydroxylation is 1. The zero-order chi connectivity index (χ0) is 11.0. The lowest BCUT2D eigenvalue weighted by Gasteiger charge is -2.02. The van der Waals surface area contributed by atoms with Gasteiger partial charge < -0.3 is 5.32 Å². The predicted octanol–water partition coefficient (Wildman–Crippen LogP) is 1.25. The van der Waals surface area contributed by atoms with Crippen LogP contribution in [-0.4, -0.2) is 21.7 Å². The number of carbonyl (C=O) groups is 1. The number of rotatable bonds is 3. The molecule has 6 heteroatoms. The molecule has 2 rings (SSSR count). The number of hydrogen-bond donors (Lipinski definition) is 1. The van der Waals surface area contributed by atoms with Gasteiger partial charge in [0, 0.05) is 19.3 Å². The van der Waals surface area contributed by atoms with Crippen molar-refractivity contribution in [3.63, 3.8) is 0 Å². The number of nitrogens with one attached hydrogen (secondary N) is 1. The Bertz CT molecular complexity index is 385. The molecule has 0 bridgehead atoms. The number of aromatic nitrogens is 2. The Hall–Kier alpha value is -1.46. The van der Waals surface area contributed by atoms with E-state index < -0.39 is 18.0 Å². The number of carbonyl (C=O) groups excluding carboxylic acids is 1. The number of alkyl halides is 2. The van der Waals surface area contributed by atoms with E-state index >= 15 is 0 Å². The van der Waals surface area contributed by atoms with Crippen molar-refractivity contribution in [2.24, 2.45) is 7.05 Å². The van der Waals surface area contributed by atoms with Crippen molar-refractivity contribution in [1.29, 1.82) is 0 Å². The van der Waals surface area contributed by atoms with E-state index in [4.69, 9.17) is 0 Å². The lowest BCUT2D eigenvalue weighted by Crippen LogP contribution is -2.26. The summed E-state index contributed by atoms with van der Waals surface area (Å²) in [6, 6.07) is 0.156. The van der Waals surface area contributed by atoms with Crippen molar-refractivity contribution in [1.82, 2.24) is 15.1 Å². The van der Waals surface area contributed by atoms with Crippen LogP contribution in [0.4, 0.5) is 8.78 Å². The van der Waals surface area contributed by atoms with Crippen LogP contribution < -0.4 is 5.32 Å². The van der Waals surface area contributed by atoms with Gasteiger partial charge >= 0.3 is 0 Å². The summed E-state index contributed by atoms with van der Waals surface area (Å²) in [4.78, 5) is 11.5. The monoisotopic (exact) mass is 215 g/mol. The van der Waals surface area contributed by atoms with Crippen molar-refractivity contribution in [3.05, 3.63) is 17.5 Å². The molecule has 82 valence electrons. The highest BCUT2D eigenvalue weighted by Crippen LogP contribution is 2.23. The highest BCUT2D eigenvalue weighted by atomic mass is 19.3. The average molecular weight is 215 g/mol. The third-order valence-electron chi connectivity index (χ3n) is 2.22. The first-order chi connectivity index (χ1) is 7.08. The third kappa shape index (κ3) is 2.14.